The molecular weight excluding hydrogens is 284 g/mol. The van der Waals surface area contributed by atoms with Crippen molar-refractivity contribution in [1.29, 1.82) is 0 Å². The molecule has 2 aromatic carbocycles. The normalized spacial score (nSPS) is 12.9. The average Bonchev–Trinajstić information content (AvgIpc) is 2.53. The summed E-state index contributed by atoms with van der Waals surface area (Å²) < 4.78 is 24.1. The molecule has 0 aliphatic rings. The molecule has 2 aromatic rings. The molecule has 4 nitrogen and oxygen atoms in total. The first kappa shape index (κ1) is 15.5. The maximum Gasteiger partial charge on any atom is 0.180 e. The molecule has 0 saturated carbocycles. The van der Waals surface area contributed by atoms with Crippen molar-refractivity contribution in [2.45, 2.75) is 17.9 Å². The van der Waals surface area contributed by atoms with Crippen LogP contribution in [-0.4, -0.2) is 20.7 Å². The smallest absolute Gasteiger partial charge is 0.180 e. The molecule has 0 aliphatic heterocycles. The van der Waals surface area contributed by atoms with Crippen molar-refractivity contribution in [3.63, 3.8) is 0 Å². The van der Waals surface area contributed by atoms with Crippen LogP contribution < -0.4 is 11.1 Å². The predicted molar refractivity (Wildman–Crippen MR) is 86.0 cm³/mol. The van der Waals surface area contributed by atoms with Crippen molar-refractivity contribution in [2.75, 3.05) is 17.6 Å². The lowest BCUT2D eigenvalue weighted by atomic mass is 10.1. The molecule has 2 rings (SSSR count). The Morgan fingerprint density at radius 2 is 1.67 bits per heavy atom. The van der Waals surface area contributed by atoms with Gasteiger partial charge in [-0.3, -0.25) is 0 Å². The summed E-state index contributed by atoms with van der Waals surface area (Å²) in [6.07, 6.45) is 0. The van der Waals surface area contributed by atoms with E-state index in [4.69, 9.17) is 5.73 Å². The second-order valence-electron chi connectivity index (χ2n) is 4.80. The first-order valence-electron chi connectivity index (χ1n) is 6.91. The largest absolute Gasteiger partial charge is 0.382 e. The topological polar surface area (TPSA) is 72.2 Å². The predicted octanol–water partition coefficient (Wildman–Crippen LogP) is 2.59. The number of sulfone groups is 1. The lowest BCUT2D eigenvalue weighted by molar-refractivity contribution is 0.597. The van der Waals surface area contributed by atoms with E-state index in [0.29, 0.717) is 17.1 Å². The van der Waals surface area contributed by atoms with Crippen molar-refractivity contribution in [3.8, 4) is 0 Å². The minimum Gasteiger partial charge on any atom is -0.382 e. The van der Waals surface area contributed by atoms with E-state index in [1.807, 2.05) is 36.4 Å². The van der Waals surface area contributed by atoms with Gasteiger partial charge in [0.05, 0.1) is 16.3 Å². The first-order valence-corrected chi connectivity index (χ1v) is 8.56. The Morgan fingerprint density at radius 1 is 1.05 bits per heavy atom. The van der Waals surface area contributed by atoms with Gasteiger partial charge in [-0.2, -0.15) is 0 Å². The first-order chi connectivity index (χ1) is 10.0. The number of rotatable bonds is 6. The quantitative estimate of drug-likeness (QED) is 0.860. The van der Waals surface area contributed by atoms with E-state index in [1.165, 1.54) is 0 Å². The van der Waals surface area contributed by atoms with Gasteiger partial charge in [0, 0.05) is 12.6 Å². The van der Waals surface area contributed by atoms with E-state index >= 15 is 0 Å². The minimum absolute atomic E-state index is 0.0798. The fourth-order valence-electron chi connectivity index (χ4n) is 2.08. The van der Waals surface area contributed by atoms with Gasteiger partial charge in [0.2, 0.25) is 0 Å². The van der Waals surface area contributed by atoms with Crippen molar-refractivity contribution < 1.29 is 8.42 Å². The Kier molecular flexibility index (Phi) is 4.98. The summed E-state index contributed by atoms with van der Waals surface area (Å²) in [5, 5.41) is 3.15. The second kappa shape index (κ2) is 6.74. The zero-order chi connectivity index (χ0) is 15.3. The molecule has 0 saturated heterocycles. The van der Waals surface area contributed by atoms with Gasteiger partial charge in [0.15, 0.2) is 9.84 Å². The van der Waals surface area contributed by atoms with Crippen molar-refractivity contribution in [2.24, 2.45) is 5.73 Å². The standard InChI is InChI=1S/C16H20N2O2S/c1-2-21(19,20)16-11-7-6-10-15(16)18-12-14(17)13-8-4-3-5-9-13/h3-11,14,18H,2,12,17H2,1H3. The summed E-state index contributed by atoms with van der Waals surface area (Å²) in [6.45, 7) is 2.11. The van der Waals surface area contributed by atoms with Crippen molar-refractivity contribution >= 4 is 15.5 Å². The van der Waals surface area contributed by atoms with Crippen LogP contribution in [0.3, 0.4) is 0 Å². The molecule has 0 heterocycles. The van der Waals surface area contributed by atoms with Gasteiger partial charge in [-0.15, -0.1) is 0 Å². The Labute approximate surface area is 125 Å². The molecule has 5 heteroatoms. The van der Waals surface area contributed by atoms with Gasteiger partial charge in [0.25, 0.3) is 0 Å². The zero-order valence-corrected chi connectivity index (χ0v) is 12.8. The highest BCUT2D eigenvalue weighted by Gasteiger charge is 2.16. The zero-order valence-electron chi connectivity index (χ0n) is 12.0. The fraction of sp³-hybridized carbons (Fsp3) is 0.250. The molecule has 1 unspecified atom stereocenters. The molecule has 0 aliphatic carbocycles. The molecule has 0 aromatic heterocycles. The Balaban J connectivity index is 2.14. The van der Waals surface area contributed by atoms with Crippen molar-refractivity contribution in [3.05, 3.63) is 60.2 Å². The maximum atomic E-state index is 12.1. The van der Waals surface area contributed by atoms with Gasteiger partial charge < -0.3 is 11.1 Å². The molecule has 1 atom stereocenters. The number of hydrogen-bond donors (Lipinski definition) is 2. The summed E-state index contributed by atoms with van der Waals surface area (Å²) >= 11 is 0. The minimum atomic E-state index is -3.24. The summed E-state index contributed by atoms with van der Waals surface area (Å²) in [6, 6.07) is 16.5. The van der Waals surface area contributed by atoms with Crippen LogP contribution in [0.25, 0.3) is 0 Å². The van der Waals surface area contributed by atoms with Crippen LogP contribution in [-0.2, 0) is 9.84 Å². The van der Waals surface area contributed by atoms with Crippen LogP contribution in [0.5, 0.6) is 0 Å². The highest BCUT2D eigenvalue weighted by atomic mass is 32.2. The molecule has 0 fully saturated rings. The third kappa shape index (κ3) is 3.83. The van der Waals surface area contributed by atoms with E-state index < -0.39 is 9.84 Å². The number of benzene rings is 2. The molecular formula is C16H20N2O2S. The Morgan fingerprint density at radius 3 is 2.33 bits per heavy atom. The van der Waals surface area contributed by atoms with Gasteiger partial charge in [0.1, 0.15) is 0 Å². The van der Waals surface area contributed by atoms with Crippen LogP contribution >= 0.6 is 0 Å². The maximum absolute atomic E-state index is 12.1. The lowest BCUT2D eigenvalue weighted by Gasteiger charge is -2.16. The van der Waals surface area contributed by atoms with Crippen LogP contribution in [0, 0.1) is 0 Å². The fourth-order valence-corrected chi connectivity index (χ4v) is 3.15. The van der Waals surface area contributed by atoms with Gasteiger partial charge in [-0.05, 0) is 17.7 Å². The SMILES string of the molecule is CCS(=O)(=O)c1ccccc1NCC(N)c1ccccc1. The number of nitrogens with one attached hydrogen (secondary N) is 1. The third-order valence-electron chi connectivity index (χ3n) is 3.34. The molecule has 21 heavy (non-hydrogen) atoms. The molecule has 0 bridgehead atoms. The van der Waals surface area contributed by atoms with Gasteiger partial charge in [-0.25, -0.2) is 8.42 Å². The monoisotopic (exact) mass is 304 g/mol. The summed E-state index contributed by atoms with van der Waals surface area (Å²) in [4.78, 5) is 0.327. The molecule has 0 amide bonds. The molecule has 112 valence electrons. The molecule has 3 N–H and O–H groups in total. The highest BCUT2D eigenvalue weighted by Crippen LogP contribution is 2.22. The highest BCUT2D eigenvalue weighted by molar-refractivity contribution is 7.91. The summed E-state index contributed by atoms with van der Waals surface area (Å²) in [5.74, 6) is 0.0798. The number of para-hydroxylation sites is 1. The van der Waals surface area contributed by atoms with Crippen LogP contribution in [0.15, 0.2) is 59.5 Å². The molecule has 0 spiro atoms. The third-order valence-corrected chi connectivity index (χ3v) is 5.13. The Bertz CT molecular complexity index is 684. The van der Waals surface area contributed by atoms with Gasteiger partial charge in [-0.1, -0.05) is 49.4 Å². The Hall–Kier alpha value is -1.85. The van der Waals surface area contributed by atoms with Crippen LogP contribution in [0.1, 0.15) is 18.5 Å². The van der Waals surface area contributed by atoms with E-state index in [-0.39, 0.29) is 11.8 Å². The van der Waals surface area contributed by atoms with E-state index in [2.05, 4.69) is 5.32 Å². The van der Waals surface area contributed by atoms with E-state index in [1.54, 1.807) is 25.1 Å². The van der Waals surface area contributed by atoms with Crippen molar-refractivity contribution in [1.82, 2.24) is 0 Å². The average molecular weight is 304 g/mol. The number of nitrogens with two attached hydrogens (primary N) is 1. The van der Waals surface area contributed by atoms with E-state index in [0.717, 1.165) is 5.56 Å². The second-order valence-corrected chi connectivity index (χ2v) is 7.04. The van der Waals surface area contributed by atoms with Gasteiger partial charge >= 0.3 is 0 Å². The molecule has 0 radical (unpaired) electrons. The summed E-state index contributed by atoms with van der Waals surface area (Å²) in [5.41, 5.74) is 7.74. The van der Waals surface area contributed by atoms with E-state index in [9.17, 15) is 8.42 Å². The van der Waals surface area contributed by atoms with Crippen LogP contribution in [0.2, 0.25) is 0 Å². The van der Waals surface area contributed by atoms with Crippen LogP contribution in [0.4, 0.5) is 5.69 Å². The summed E-state index contributed by atoms with van der Waals surface area (Å²) in [7, 11) is -3.24. The number of hydrogen-bond acceptors (Lipinski definition) is 4. The number of anilines is 1. The lowest BCUT2D eigenvalue weighted by Crippen LogP contribution is -2.21.